The van der Waals surface area contributed by atoms with Gasteiger partial charge in [0.05, 0.1) is 18.1 Å². The highest BCUT2D eigenvalue weighted by Crippen LogP contribution is 2.30. The van der Waals surface area contributed by atoms with Gasteiger partial charge in [0.1, 0.15) is 17.7 Å². The van der Waals surface area contributed by atoms with Crippen LogP contribution in [-0.4, -0.2) is 60.1 Å². The van der Waals surface area contributed by atoms with Crippen LogP contribution in [0.5, 0.6) is 0 Å². The summed E-state index contributed by atoms with van der Waals surface area (Å²) in [6.07, 6.45) is 7.55. The molecule has 4 rings (SSSR count). The molecule has 1 aliphatic rings. The molecule has 3 aromatic rings. The average Bonchev–Trinajstić information content (AvgIpc) is 3.25. The SMILES string of the molecule is Cn1ccnc1C(O)C1CCN(C(=O)c2ccc(-c3cncc(N)n3)cc2)CC1.O=CO. The summed E-state index contributed by atoms with van der Waals surface area (Å²) < 4.78 is 1.84. The van der Waals surface area contributed by atoms with E-state index in [1.54, 1.807) is 24.5 Å². The lowest BCUT2D eigenvalue weighted by molar-refractivity contribution is -0.122. The Morgan fingerprint density at radius 3 is 2.44 bits per heavy atom. The number of aryl methyl sites for hydroxylation is 1. The second-order valence-electron chi connectivity index (χ2n) is 7.48. The normalized spacial score (nSPS) is 14.9. The van der Waals surface area contributed by atoms with E-state index in [9.17, 15) is 9.90 Å². The van der Waals surface area contributed by atoms with Crippen molar-refractivity contribution in [3.63, 3.8) is 0 Å². The van der Waals surface area contributed by atoms with E-state index >= 15 is 0 Å². The highest BCUT2D eigenvalue weighted by molar-refractivity contribution is 5.94. The zero-order valence-electron chi connectivity index (χ0n) is 17.7. The molecule has 0 spiro atoms. The molecule has 1 amide bonds. The van der Waals surface area contributed by atoms with Crippen LogP contribution < -0.4 is 5.73 Å². The summed E-state index contributed by atoms with van der Waals surface area (Å²) in [6.45, 7) is 0.987. The third-order valence-corrected chi connectivity index (χ3v) is 5.48. The number of nitrogen functional groups attached to an aromatic ring is 1. The molecule has 0 bridgehead atoms. The number of aliphatic hydroxyl groups is 1. The van der Waals surface area contributed by atoms with Crippen LogP contribution >= 0.6 is 0 Å². The minimum absolute atomic E-state index is 0.000131. The molecule has 3 heterocycles. The predicted molar refractivity (Wildman–Crippen MR) is 117 cm³/mol. The third-order valence-electron chi connectivity index (χ3n) is 5.48. The minimum Gasteiger partial charge on any atom is -0.483 e. The summed E-state index contributed by atoms with van der Waals surface area (Å²) in [5.41, 5.74) is 7.85. The number of likely N-dealkylation sites (tertiary alicyclic amines) is 1. The second kappa shape index (κ2) is 10.5. The van der Waals surface area contributed by atoms with Crippen molar-refractivity contribution in [1.82, 2.24) is 24.4 Å². The molecule has 0 radical (unpaired) electrons. The largest absolute Gasteiger partial charge is 0.483 e. The van der Waals surface area contributed by atoms with E-state index in [1.807, 2.05) is 34.8 Å². The maximum atomic E-state index is 12.9. The van der Waals surface area contributed by atoms with E-state index in [-0.39, 0.29) is 18.3 Å². The molecule has 1 saturated heterocycles. The lowest BCUT2D eigenvalue weighted by Crippen LogP contribution is -2.40. The number of carbonyl (C=O) groups is 2. The van der Waals surface area contributed by atoms with Gasteiger partial charge in [0, 0.05) is 43.7 Å². The molecule has 1 atom stereocenters. The topological polar surface area (TPSA) is 147 Å². The number of benzene rings is 1. The van der Waals surface area contributed by atoms with Crippen molar-refractivity contribution in [3.05, 3.63) is 60.4 Å². The first-order chi connectivity index (χ1) is 15.4. The molecule has 10 nitrogen and oxygen atoms in total. The van der Waals surface area contributed by atoms with Crippen LogP contribution in [0.25, 0.3) is 11.3 Å². The van der Waals surface area contributed by atoms with Gasteiger partial charge in [-0.1, -0.05) is 12.1 Å². The molecule has 1 aromatic carbocycles. The summed E-state index contributed by atoms with van der Waals surface area (Å²) in [5, 5.41) is 17.5. The van der Waals surface area contributed by atoms with Gasteiger partial charge < -0.3 is 25.4 Å². The van der Waals surface area contributed by atoms with Gasteiger partial charge in [-0.3, -0.25) is 14.6 Å². The van der Waals surface area contributed by atoms with Crippen LogP contribution in [0.3, 0.4) is 0 Å². The number of aliphatic hydroxyl groups excluding tert-OH is 1. The van der Waals surface area contributed by atoms with E-state index in [1.165, 1.54) is 6.20 Å². The number of carboxylic acid groups (broad SMARTS) is 1. The Labute approximate surface area is 185 Å². The molecular weight excluding hydrogens is 412 g/mol. The molecule has 2 aromatic heterocycles. The fourth-order valence-electron chi connectivity index (χ4n) is 3.78. The Morgan fingerprint density at radius 2 is 1.88 bits per heavy atom. The molecule has 1 fully saturated rings. The Hall–Kier alpha value is -3.79. The average molecular weight is 438 g/mol. The number of imidazole rings is 1. The van der Waals surface area contributed by atoms with E-state index in [4.69, 9.17) is 15.6 Å². The Morgan fingerprint density at radius 1 is 1.22 bits per heavy atom. The van der Waals surface area contributed by atoms with Crippen molar-refractivity contribution in [2.45, 2.75) is 18.9 Å². The quantitative estimate of drug-likeness (QED) is 0.522. The Balaban J connectivity index is 0.000000913. The van der Waals surface area contributed by atoms with Crippen LogP contribution in [0, 0.1) is 5.92 Å². The van der Waals surface area contributed by atoms with E-state index < -0.39 is 6.10 Å². The van der Waals surface area contributed by atoms with Crippen molar-refractivity contribution in [2.24, 2.45) is 13.0 Å². The van der Waals surface area contributed by atoms with Crippen LogP contribution in [0.1, 0.15) is 35.1 Å². The summed E-state index contributed by atoms with van der Waals surface area (Å²) in [7, 11) is 1.88. The van der Waals surface area contributed by atoms with Gasteiger partial charge in [-0.15, -0.1) is 0 Å². The van der Waals surface area contributed by atoms with Gasteiger partial charge in [0.2, 0.25) is 0 Å². The molecule has 32 heavy (non-hydrogen) atoms. The number of hydrogen-bond acceptors (Lipinski definition) is 7. The van der Waals surface area contributed by atoms with Gasteiger partial charge in [-0.2, -0.15) is 0 Å². The van der Waals surface area contributed by atoms with Crippen molar-refractivity contribution in [1.29, 1.82) is 0 Å². The lowest BCUT2D eigenvalue weighted by atomic mass is 9.90. The number of carbonyl (C=O) groups excluding carboxylic acids is 1. The first kappa shape index (κ1) is 22.9. The van der Waals surface area contributed by atoms with E-state index in [0.717, 1.165) is 18.4 Å². The Kier molecular flexibility index (Phi) is 7.50. The molecule has 1 unspecified atom stereocenters. The van der Waals surface area contributed by atoms with Crippen molar-refractivity contribution < 1.29 is 19.8 Å². The standard InChI is InChI=1S/C21H24N6O2.CH2O2/c1-26-11-8-24-20(26)19(28)15-6-9-27(10-7-15)21(29)16-4-2-14(3-5-16)17-12-23-13-18(22)25-17;2-1-3/h2-5,8,11-13,15,19,28H,6-7,9-10H2,1H3,(H2,22,25);1H,(H,2,3). The van der Waals surface area contributed by atoms with Crippen molar-refractivity contribution >= 4 is 18.2 Å². The first-order valence-electron chi connectivity index (χ1n) is 10.1. The van der Waals surface area contributed by atoms with Crippen LogP contribution in [0.15, 0.2) is 49.1 Å². The molecular formula is C22H26N6O4. The summed E-state index contributed by atoms with van der Waals surface area (Å²) in [6, 6.07) is 7.32. The number of anilines is 1. The van der Waals surface area contributed by atoms with Crippen LogP contribution in [0.2, 0.25) is 0 Å². The first-order valence-corrected chi connectivity index (χ1v) is 10.1. The lowest BCUT2D eigenvalue weighted by Gasteiger charge is -2.34. The van der Waals surface area contributed by atoms with Crippen molar-refractivity contribution in [2.75, 3.05) is 18.8 Å². The van der Waals surface area contributed by atoms with Crippen LogP contribution in [-0.2, 0) is 11.8 Å². The fourth-order valence-corrected chi connectivity index (χ4v) is 3.78. The number of rotatable bonds is 4. The number of aromatic nitrogens is 4. The smallest absolute Gasteiger partial charge is 0.290 e. The van der Waals surface area contributed by atoms with Gasteiger partial charge in [-0.05, 0) is 30.9 Å². The monoisotopic (exact) mass is 438 g/mol. The van der Waals surface area contributed by atoms with Gasteiger partial charge in [0.25, 0.3) is 12.4 Å². The zero-order valence-corrected chi connectivity index (χ0v) is 17.7. The fraction of sp³-hybridized carbons (Fsp3) is 0.318. The van der Waals surface area contributed by atoms with Crippen molar-refractivity contribution in [3.8, 4) is 11.3 Å². The number of nitrogens with zero attached hydrogens (tertiary/aromatic N) is 5. The molecule has 4 N–H and O–H groups in total. The molecule has 10 heteroatoms. The Bertz CT molecular complexity index is 1040. The predicted octanol–water partition coefficient (Wildman–Crippen LogP) is 1.75. The van der Waals surface area contributed by atoms with Gasteiger partial charge >= 0.3 is 0 Å². The molecule has 0 aliphatic carbocycles. The van der Waals surface area contributed by atoms with Gasteiger partial charge in [-0.25, -0.2) is 9.97 Å². The highest BCUT2D eigenvalue weighted by atomic mass is 16.3. The zero-order chi connectivity index (χ0) is 23.1. The summed E-state index contributed by atoms with van der Waals surface area (Å²) in [5.74, 6) is 1.14. The summed E-state index contributed by atoms with van der Waals surface area (Å²) in [4.78, 5) is 35.6. The molecule has 0 saturated carbocycles. The molecule has 168 valence electrons. The number of nitrogens with two attached hydrogens (primary N) is 1. The van der Waals surface area contributed by atoms with Crippen LogP contribution in [0.4, 0.5) is 5.82 Å². The number of hydrogen-bond donors (Lipinski definition) is 3. The maximum Gasteiger partial charge on any atom is 0.290 e. The molecule has 1 aliphatic heterocycles. The number of amides is 1. The van der Waals surface area contributed by atoms with E-state index in [2.05, 4.69) is 15.0 Å². The van der Waals surface area contributed by atoms with Gasteiger partial charge in [0.15, 0.2) is 0 Å². The minimum atomic E-state index is -0.606. The number of piperidine rings is 1. The second-order valence-corrected chi connectivity index (χ2v) is 7.48. The van der Waals surface area contributed by atoms with E-state index in [0.29, 0.717) is 36.0 Å². The third kappa shape index (κ3) is 5.27. The maximum absolute atomic E-state index is 12.9. The highest BCUT2D eigenvalue weighted by Gasteiger charge is 2.30. The summed E-state index contributed by atoms with van der Waals surface area (Å²) >= 11 is 0.